The third-order valence-electron chi connectivity index (χ3n) is 4.54. The van der Waals surface area contributed by atoms with Crippen molar-refractivity contribution in [2.24, 2.45) is 5.92 Å². The first-order valence-electron chi connectivity index (χ1n) is 9.52. The molecule has 0 fully saturated rings. The first kappa shape index (κ1) is 20.5. The molecule has 134 valence electrons. The van der Waals surface area contributed by atoms with Gasteiger partial charge in [-0.1, -0.05) is 52.7 Å². The minimum atomic E-state index is 0.581. The summed E-state index contributed by atoms with van der Waals surface area (Å²) in [4.78, 5) is 4.56. The molecule has 0 aliphatic rings. The quantitative estimate of drug-likeness (QED) is 0.344. The minimum Gasteiger partial charge on any atom is -0.494 e. The summed E-state index contributed by atoms with van der Waals surface area (Å²) in [5.41, 5.74) is 2.41. The molecule has 0 saturated heterocycles. The fourth-order valence-electron chi connectivity index (χ4n) is 2.49. The molecule has 1 aromatic heterocycles. The van der Waals surface area contributed by atoms with Crippen LogP contribution in [0.5, 0.6) is 0 Å². The second-order valence-electron chi connectivity index (χ2n) is 6.66. The average molecular weight is 330 g/mol. The molecular weight excluding hydrogens is 294 g/mol. The zero-order valence-corrected chi connectivity index (χ0v) is 16.2. The van der Waals surface area contributed by atoms with Crippen LogP contribution in [-0.4, -0.2) is 11.6 Å². The van der Waals surface area contributed by atoms with Gasteiger partial charge in [0.05, 0.1) is 6.61 Å². The molecule has 0 aliphatic heterocycles. The summed E-state index contributed by atoms with van der Waals surface area (Å²) in [7, 11) is 0. The van der Waals surface area contributed by atoms with E-state index in [-0.39, 0.29) is 0 Å². The lowest BCUT2D eigenvalue weighted by Crippen LogP contribution is -2.01. The number of pyridine rings is 1. The van der Waals surface area contributed by atoms with E-state index in [4.69, 9.17) is 4.74 Å². The van der Waals surface area contributed by atoms with Crippen molar-refractivity contribution in [2.45, 2.75) is 72.6 Å². The maximum atomic E-state index is 5.88. The summed E-state index contributed by atoms with van der Waals surface area (Å²) in [6.07, 6.45) is 14.2. The van der Waals surface area contributed by atoms with Crippen molar-refractivity contribution in [3.63, 3.8) is 0 Å². The fourth-order valence-corrected chi connectivity index (χ4v) is 2.49. The van der Waals surface area contributed by atoms with E-state index in [0.29, 0.717) is 18.4 Å². The highest BCUT2D eigenvalue weighted by atomic mass is 16.5. The average Bonchev–Trinajstić information content (AvgIpc) is 2.62. The molecule has 0 spiro atoms. The number of hydrogen-bond donors (Lipinski definition) is 0. The molecule has 0 aromatic carbocycles. The van der Waals surface area contributed by atoms with Crippen molar-refractivity contribution in [3.8, 4) is 0 Å². The molecular formula is C22H35NO. The van der Waals surface area contributed by atoms with E-state index in [1.54, 1.807) is 0 Å². The number of unbranched alkanes of at least 4 members (excludes halogenated alkanes) is 1. The molecule has 0 N–H and O–H groups in total. The van der Waals surface area contributed by atoms with Crippen molar-refractivity contribution in [1.82, 2.24) is 4.98 Å². The first-order valence-corrected chi connectivity index (χ1v) is 9.52. The van der Waals surface area contributed by atoms with Crippen LogP contribution in [0.3, 0.4) is 0 Å². The van der Waals surface area contributed by atoms with Gasteiger partial charge in [-0.25, -0.2) is 0 Å². The molecule has 2 unspecified atom stereocenters. The lowest BCUT2D eigenvalue weighted by atomic mass is 10.0. The van der Waals surface area contributed by atoms with Crippen LogP contribution < -0.4 is 0 Å². The molecule has 2 heteroatoms. The molecule has 24 heavy (non-hydrogen) atoms. The van der Waals surface area contributed by atoms with Crippen molar-refractivity contribution in [3.05, 3.63) is 53.6 Å². The van der Waals surface area contributed by atoms with Gasteiger partial charge < -0.3 is 4.74 Å². The summed E-state index contributed by atoms with van der Waals surface area (Å²) < 4.78 is 5.88. The number of ether oxygens (including phenoxy) is 1. The smallest absolute Gasteiger partial charge is 0.114 e. The van der Waals surface area contributed by atoms with E-state index >= 15 is 0 Å². The second kappa shape index (κ2) is 11.9. The van der Waals surface area contributed by atoms with Crippen molar-refractivity contribution < 1.29 is 4.74 Å². The van der Waals surface area contributed by atoms with Gasteiger partial charge in [-0.15, -0.1) is 0 Å². The van der Waals surface area contributed by atoms with Crippen LogP contribution in [0.4, 0.5) is 0 Å². The number of hydrogen-bond acceptors (Lipinski definition) is 2. The van der Waals surface area contributed by atoms with E-state index in [0.717, 1.165) is 24.3 Å². The Bertz CT molecular complexity index is 501. The van der Waals surface area contributed by atoms with Crippen LogP contribution in [-0.2, 0) is 11.2 Å². The number of rotatable bonds is 11. The van der Waals surface area contributed by atoms with Crippen LogP contribution in [0.15, 0.2) is 42.3 Å². The van der Waals surface area contributed by atoms with Gasteiger partial charge in [0, 0.05) is 18.3 Å². The van der Waals surface area contributed by atoms with Crippen LogP contribution in [0.25, 0.3) is 0 Å². The first-order chi connectivity index (χ1) is 11.6. The Kier molecular flexibility index (Phi) is 10.1. The van der Waals surface area contributed by atoms with Gasteiger partial charge in [0.1, 0.15) is 5.76 Å². The summed E-state index contributed by atoms with van der Waals surface area (Å²) >= 11 is 0. The Balaban J connectivity index is 2.40. The highest BCUT2D eigenvalue weighted by molar-refractivity contribution is 5.18. The van der Waals surface area contributed by atoms with Gasteiger partial charge in [0.25, 0.3) is 0 Å². The fraction of sp³-hybridized carbons (Fsp3) is 0.591. The van der Waals surface area contributed by atoms with Crippen LogP contribution in [0.1, 0.15) is 77.5 Å². The number of allylic oxidation sites excluding steroid dienone is 3. The largest absolute Gasteiger partial charge is 0.494 e. The molecule has 0 bridgehead atoms. The molecule has 1 heterocycles. The van der Waals surface area contributed by atoms with Crippen molar-refractivity contribution >= 4 is 0 Å². The molecule has 1 rings (SSSR count). The Morgan fingerprint density at radius 3 is 2.62 bits per heavy atom. The zero-order valence-electron chi connectivity index (χ0n) is 16.2. The molecule has 2 nitrogen and oxygen atoms in total. The van der Waals surface area contributed by atoms with Gasteiger partial charge in [0.15, 0.2) is 0 Å². The summed E-state index contributed by atoms with van der Waals surface area (Å²) in [6.45, 7) is 11.6. The van der Waals surface area contributed by atoms with E-state index in [1.165, 1.54) is 24.8 Å². The van der Waals surface area contributed by atoms with E-state index < -0.39 is 0 Å². The monoisotopic (exact) mass is 329 g/mol. The molecule has 0 amide bonds. The van der Waals surface area contributed by atoms with E-state index in [2.05, 4.69) is 57.0 Å². The van der Waals surface area contributed by atoms with E-state index in [1.807, 2.05) is 19.2 Å². The van der Waals surface area contributed by atoms with Gasteiger partial charge in [-0.05, 0) is 55.4 Å². The van der Waals surface area contributed by atoms with Crippen LogP contribution in [0.2, 0.25) is 0 Å². The molecule has 0 radical (unpaired) electrons. The number of aromatic nitrogens is 1. The highest BCUT2D eigenvalue weighted by Gasteiger charge is 2.04. The Hall–Kier alpha value is -1.57. The summed E-state index contributed by atoms with van der Waals surface area (Å²) in [5, 5.41) is 0. The molecule has 2 atom stereocenters. The predicted octanol–water partition coefficient (Wildman–Crippen LogP) is 6.44. The van der Waals surface area contributed by atoms with Crippen LogP contribution in [0, 0.1) is 5.92 Å². The predicted molar refractivity (Wildman–Crippen MR) is 104 cm³/mol. The Morgan fingerprint density at radius 2 is 2.04 bits per heavy atom. The highest BCUT2D eigenvalue weighted by Crippen LogP contribution is 2.17. The van der Waals surface area contributed by atoms with Gasteiger partial charge in [-0.3, -0.25) is 4.98 Å². The van der Waals surface area contributed by atoms with Gasteiger partial charge >= 0.3 is 0 Å². The third-order valence-corrected chi connectivity index (χ3v) is 4.54. The minimum absolute atomic E-state index is 0.581. The van der Waals surface area contributed by atoms with Gasteiger partial charge in [-0.2, -0.15) is 0 Å². The maximum Gasteiger partial charge on any atom is 0.114 e. The molecule has 0 aliphatic carbocycles. The van der Waals surface area contributed by atoms with Crippen LogP contribution >= 0.6 is 0 Å². The molecule has 1 aromatic rings. The summed E-state index contributed by atoms with van der Waals surface area (Å²) in [5.74, 6) is 2.14. The second-order valence-corrected chi connectivity index (χ2v) is 6.66. The third kappa shape index (κ3) is 7.81. The standard InChI is InChI=1S/C22H35NO/c1-6-9-10-18(4)11-14-22(8-3)24-16-15-21-13-12-20(17-23-21)19(5)7-2/h8,11-14,17-19H,6-7,9-10,15-16H2,1-5H3/b14-11-,22-8+. The lowest BCUT2D eigenvalue weighted by molar-refractivity contribution is 0.226. The SMILES string of the molecule is C/C=C(\C=C/C(C)CCCC)OCCc1ccc(C(C)CC)cn1. The van der Waals surface area contributed by atoms with Crippen molar-refractivity contribution in [2.75, 3.05) is 6.61 Å². The number of nitrogens with zero attached hydrogens (tertiary/aromatic N) is 1. The van der Waals surface area contributed by atoms with Crippen molar-refractivity contribution in [1.29, 1.82) is 0 Å². The lowest BCUT2D eigenvalue weighted by Gasteiger charge is -2.10. The maximum absolute atomic E-state index is 5.88. The Labute approximate surface area is 149 Å². The van der Waals surface area contributed by atoms with Gasteiger partial charge in [0.2, 0.25) is 0 Å². The Morgan fingerprint density at radius 1 is 1.25 bits per heavy atom. The summed E-state index contributed by atoms with van der Waals surface area (Å²) in [6, 6.07) is 4.32. The topological polar surface area (TPSA) is 22.1 Å². The normalized spacial score (nSPS) is 14.8. The van der Waals surface area contributed by atoms with E-state index in [9.17, 15) is 0 Å². The molecule has 0 saturated carbocycles. The zero-order chi connectivity index (χ0) is 17.8.